The summed E-state index contributed by atoms with van der Waals surface area (Å²) in [5.74, 6) is 1.83. The molecule has 4 nitrogen and oxygen atoms in total. The van der Waals surface area contributed by atoms with Gasteiger partial charge in [-0.1, -0.05) is 20.3 Å². The van der Waals surface area contributed by atoms with E-state index in [1.165, 1.54) is 64.7 Å². The Balaban J connectivity index is 1.53. The van der Waals surface area contributed by atoms with E-state index in [0.717, 1.165) is 12.5 Å². The Bertz CT molecular complexity index is 394. The van der Waals surface area contributed by atoms with Gasteiger partial charge in [0.05, 0.1) is 0 Å². The standard InChI is InChI=1S/C18H34N4/c1-15(2)16(21-10-4-5-11-21)13-20-17(19-3)22-12-9-18(14-22)7-6-8-18/h15-16H,4-14H2,1-3H3,(H,19,20). The molecule has 1 aliphatic carbocycles. The largest absolute Gasteiger partial charge is 0.355 e. The number of nitrogens with one attached hydrogen (secondary N) is 1. The second-order valence-corrected chi connectivity index (χ2v) is 8.01. The van der Waals surface area contributed by atoms with Crippen LogP contribution in [0.4, 0.5) is 0 Å². The molecule has 1 unspecified atom stereocenters. The van der Waals surface area contributed by atoms with Gasteiger partial charge in [-0.2, -0.15) is 0 Å². The third-order valence-electron chi connectivity index (χ3n) is 6.21. The Morgan fingerprint density at radius 1 is 1.09 bits per heavy atom. The van der Waals surface area contributed by atoms with Crippen molar-refractivity contribution in [2.45, 2.75) is 58.4 Å². The summed E-state index contributed by atoms with van der Waals surface area (Å²) in [6.07, 6.45) is 8.41. The van der Waals surface area contributed by atoms with Gasteiger partial charge in [-0.3, -0.25) is 9.89 Å². The fourth-order valence-corrected chi connectivity index (χ4v) is 4.59. The third-order valence-corrected chi connectivity index (χ3v) is 6.21. The van der Waals surface area contributed by atoms with Crippen LogP contribution in [0, 0.1) is 11.3 Å². The Hall–Kier alpha value is -0.770. The van der Waals surface area contributed by atoms with Gasteiger partial charge < -0.3 is 10.2 Å². The van der Waals surface area contributed by atoms with Crippen LogP contribution in [0.15, 0.2) is 4.99 Å². The quantitative estimate of drug-likeness (QED) is 0.640. The van der Waals surface area contributed by atoms with Gasteiger partial charge in [-0.05, 0) is 56.5 Å². The molecule has 0 amide bonds. The van der Waals surface area contributed by atoms with Gasteiger partial charge in [0, 0.05) is 32.7 Å². The molecule has 126 valence electrons. The van der Waals surface area contributed by atoms with Crippen molar-refractivity contribution < 1.29 is 0 Å². The number of hydrogen-bond acceptors (Lipinski definition) is 2. The van der Waals surface area contributed by atoms with Crippen LogP contribution >= 0.6 is 0 Å². The number of rotatable bonds is 4. The first-order valence-corrected chi connectivity index (χ1v) is 9.33. The summed E-state index contributed by atoms with van der Waals surface area (Å²) in [5, 5.41) is 3.69. The zero-order valence-corrected chi connectivity index (χ0v) is 14.8. The molecule has 3 fully saturated rings. The van der Waals surface area contributed by atoms with E-state index in [9.17, 15) is 0 Å². The molecule has 1 N–H and O–H groups in total. The Morgan fingerprint density at radius 3 is 2.32 bits per heavy atom. The highest BCUT2D eigenvalue weighted by molar-refractivity contribution is 5.80. The molecule has 0 aromatic heterocycles. The number of aliphatic imine (C=N–C) groups is 1. The minimum absolute atomic E-state index is 0.638. The van der Waals surface area contributed by atoms with Crippen molar-refractivity contribution in [1.82, 2.24) is 15.1 Å². The van der Waals surface area contributed by atoms with E-state index < -0.39 is 0 Å². The average molecular weight is 306 g/mol. The van der Waals surface area contributed by atoms with Gasteiger partial charge in [0.15, 0.2) is 5.96 Å². The molecule has 2 heterocycles. The maximum atomic E-state index is 4.56. The molecule has 0 aromatic rings. The molecule has 3 rings (SSSR count). The van der Waals surface area contributed by atoms with Crippen molar-refractivity contribution >= 4 is 5.96 Å². The van der Waals surface area contributed by atoms with Crippen LogP contribution in [-0.2, 0) is 0 Å². The van der Waals surface area contributed by atoms with Crippen LogP contribution in [0.3, 0.4) is 0 Å². The van der Waals surface area contributed by atoms with Crippen molar-refractivity contribution in [2.24, 2.45) is 16.3 Å². The van der Waals surface area contributed by atoms with Crippen LogP contribution in [-0.4, -0.2) is 61.6 Å². The summed E-state index contributed by atoms with van der Waals surface area (Å²) >= 11 is 0. The molecule has 1 atom stereocenters. The molecule has 22 heavy (non-hydrogen) atoms. The SMILES string of the molecule is CN=C(NCC(C(C)C)N1CCCC1)N1CCC2(CCC2)C1. The van der Waals surface area contributed by atoms with E-state index in [0.29, 0.717) is 17.4 Å². The van der Waals surface area contributed by atoms with Gasteiger partial charge in [0.2, 0.25) is 0 Å². The van der Waals surface area contributed by atoms with Gasteiger partial charge >= 0.3 is 0 Å². The zero-order valence-electron chi connectivity index (χ0n) is 14.8. The molecule has 1 saturated carbocycles. The van der Waals surface area contributed by atoms with Crippen LogP contribution < -0.4 is 5.32 Å². The predicted molar refractivity (Wildman–Crippen MR) is 93.3 cm³/mol. The van der Waals surface area contributed by atoms with E-state index in [1.54, 1.807) is 0 Å². The van der Waals surface area contributed by atoms with E-state index >= 15 is 0 Å². The zero-order chi connectivity index (χ0) is 15.6. The summed E-state index contributed by atoms with van der Waals surface area (Å²) in [4.78, 5) is 9.73. The first-order chi connectivity index (χ1) is 10.6. The topological polar surface area (TPSA) is 30.9 Å². The normalized spacial score (nSPS) is 26.7. The van der Waals surface area contributed by atoms with Crippen LogP contribution in [0.25, 0.3) is 0 Å². The van der Waals surface area contributed by atoms with E-state index in [2.05, 4.69) is 34.0 Å². The number of likely N-dealkylation sites (tertiary alicyclic amines) is 2. The second-order valence-electron chi connectivity index (χ2n) is 8.01. The summed E-state index contributed by atoms with van der Waals surface area (Å²) in [6.45, 7) is 10.7. The lowest BCUT2D eigenvalue weighted by atomic mass is 9.68. The molecule has 0 radical (unpaired) electrons. The first kappa shape index (κ1) is 16.1. The summed E-state index contributed by atoms with van der Waals surface area (Å²) in [7, 11) is 1.94. The molecule has 4 heteroatoms. The van der Waals surface area contributed by atoms with Crippen molar-refractivity contribution in [3.05, 3.63) is 0 Å². The summed E-state index contributed by atoms with van der Waals surface area (Å²) in [5.41, 5.74) is 0.643. The summed E-state index contributed by atoms with van der Waals surface area (Å²) < 4.78 is 0. The lowest BCUT2D eigenvalue weighted by Gasteiger charge is -2.38. The molecule has 2 aliphatic heterocycles. The van der Waals surface area contributed by atoms with Crippen LogP contribution in [0.2, 0.25) is 0 Å². The minimum Gasteiger partial charge on any atom is -0.355 e. The highest BCUT2D eigenvalue weighted by atomic mass is 15.3. The lowest BCUT2D eigenvalue weighted by Crippen LogP contribution is -2.49. The molecule has 0 aromatic carbocycles. The maximum absolute atomic E-state index is 4.56. The van der Waals surface area contributed by atoms with Crippen LogP contribution in [0.1, 0.15) is 52.4 Å². The Morgan fingerprint density at radius 2 is 1.82 bits per heavy atom. The van der Waals surface area contributed by atoms with Crippen molar-refractivity contribution in [1.29, 1.82) is 0 Å². The number of guanidine groups is 1. The minimum atomic E-state index is 0.638. The fraction of sp³-hybridized carbons (Fsp3) is 0.944. The molecular formula is C18H34N4. The van der Waals surface area contributed by atoms with Crippen molar-refractivity contribution in [3.8, 4) is 0 Å². The molecule has 0 bridgehead atoms. The smallest absolute Gasteiger partial charge is 0.193 e. The van der Waals surface area contributed by atoms with E-state index in [4.69, 9.17) is 0 Å². The highest BCUT2D eigenvalue weighted by Gasteiger charge is 2.43. The average Bonchev–Trinajstić information content (AvgIpc) is 3.12. The third kappa shape index (κ3) is 3.27. The van der Waals surface area contributed by atoms with Gasteiger partial charge in [0.25, 0.3) is 0 Å². The number of hydrogen-bond donors (Lipinski definition) is 1. The molecular weight excluding hydrogens is 272 g/mol. The second kappa shape index (κ2) is 6.77. The molecule has 1 spiro atoms. The molecule has 2 saturated heterocycles. The Kier molecular flexibility index (Phi) is 4.96. The van der Waals surface area contributed by atoms with Crippen molar-refractivity contribution in [3.63, 3.8) is 0 Å². The van der Waals surface area contributed by atoms with Gasteiger partial charge in [0.1, 0.15) is 0 Å². The fourth-order valence-electron chi connectivity index (χ4n) is 4.59. The van der Waals surface area contributed by atoms with E-state index in [-0.39, 0.29) is 0 Å². The Labute approximate surface area is 136 Å². The maximum Gasteiger partial charge on any atom is 0.193 e. The lowest BCUT2D eigenvalue weighted by molar-refractivity contribution is 0.151. The summed E-state index contributed by atoms with van der Waals surface area (Å²) in [6, 6.07) is 0.638. The van der Waals surface area contributed by atoms with Crippen molar-refractivity contribution in [2.75, 3.05) is 39.8 Å². The van der Waals surface area contributed by atoms with E-state index in [1.807, 2.05) is 7.05 Å². The number of nitrogens with zero attached hydrogens (tertiary/aromatic N) is 3. The highest BCUT2D eigenvalue weighted by Crippen LogP contribution is 2.47. The monoisotopic (exact) mass is 306 g/mol. The predicted octanol–water partition coefficient (Wildman–Crippen LogP) is 2.56. The van der Waals surface area contributed by atoms with Gasteiger partial charge in [-0.25, -0.2) is 0 Å². The first-order valence-electron chi connectivity index (χ1n) is 9.33. The molecule has 3 aliphatic rings. The van der Waals surface area contributed by atoms with Crippen LogP contribution in [0.5, 0.6) is 0 Å². The van der Waals surface area contributed by atoms with Gasteiger partial charge in [-0.15, -0.1) is 0 Å².